The van der Waals surface area contributed by atoms with Crippen molar-refractivity contribution in [2.45, 2.75) is 19.8 Å². The standard InChI is InChI=1S/C24H28O6/c1-18(17-27-3)24(26)30-16-15-29-23-12-10-22(11-13-23)21-8-6-20(7-9-21)5-4-14-28-19(2)25/h6-13H,1,4-5,14-17H2,2-3H3. The van der Waals surface area contributed by atoms with Crippen LogP contribution in [0.3, 0.4) is 0 Å². The van der Waals surface area contributed by atoms with Gasteiger partial charge in [-0.3, -0.25) is 4.79 Å². The average Bonchev–Trinajstić information content (AvgIpc) is 2.75. The summed E-state index contributed by atoms with van der Waals surface area (Å²) in [5.74, 6) is -0.0232. The summed E-state index contributed by atoms with van der Waals surface area (Å²) < 4.78 is 20.5. The Hall–Kier alpha value is -3.12. The van der Waals surface area contributed by atoms with Crippen LogP contribution >= 0.6 is 0 Å². The highest BCUT2D eigenvalue weighted by Gasteiger charge is 2.08. The van der Waals surface area contributed by atoms with E-state index in [0.717, 1.165) is 24.0 Å². The molecular weight excluding hydrogens is 384 g/mol. The van der Waals surface area contributed by atoms with E-state index < -0.39 is 5.97 Å². The minimum atomic E-state index is -0.481. The van der Waals surface area contributed by atoms with E-state index in [4.69, 9.17) is 18.9 Å². The average molecular weight is 412 g/mol. The highest BCUT2D eigenvalue weighted by Crippen LogP contribution is 2.23. The van der Waals surface area contributed by atoms with E-state index in [2.05, 4.69) is 30.8 Å². The lowest BCUT2D eigenvalue weighted by molar-refractivity contribution is -0.141. The van der Waals surface area contributed by atoms with Gasteiger partial charge in [-0.05, 0) is 41.7 Å². The predicted molar refractivity (Wildman–Crippen MR) is 114 cm³/mol. The van der Waals surface area contributed by atoms with Crippen molar-refractivity contribution < 1.29 is 28.5 Å². The maximum atomic E-state index is 11.6. The number of benzene rings is 2. The van der Waals surface area contributed by atoms with Crippen LogP contribution in [0.15, 0.2) is 60.7 Å². The number of methoxy groups -OCH3 is 1. The molecule has 0 spiro atoms. The third kappa shape index (κ3) is 8.09. The highest BCUT2D eigenvalue weighted by molar-refractivity contribution is 5.87. The molecule has 6 heteroatoms. The topological polar surface area (TPSA) is 71.1 Å². The Morgan fingerprint density at radius 3 is 2.10 bits per heavy atom. The third-order valence-corrected chi connectivity index (χ3v) is 4.25. The number of aryl methyl sites for hydroxylation is 1. The minimum absolute atomic E-state index is 0.141. The van der Waals surface area contributed by atoms with Crippen molar-refractivity contribution in [3.63, 3.8) is 0 Å². The summed E-state index contributed by atoms with van der Waals surface area (Å²) in [4.78, 5) is 22.4. The third-order valence-electron chi connectivity index (χ3n) is 4.25. The molecule has 0 saturated heterocycles. The Kier molecular flexibility index (Phi) is 9.61. The van der Waals surface area contributed by atoms with Gasteiger partial charge in [-0.2, -0.15) is 0 Å². The van der Waals surface area contributed by atoms with Gasteiger partial charge >= 0.3 is 11.9 Å². The number of esters is 2. The van der Waals surface area contributed by atoms with Crippen LogP contribution in [0, 0.1) is 0 Å². The Labute approximate surface area is 177 Å². The van der Waals surface area contributed by atoms with E-state index in [9.17, 15) is 9.59 Å². The quantitative estimate of drug-likeness (QED) is 0.298. The van der Waals surface area contributed by atoms with E-state index in [1.807, 2.05) is 24.3 Å². The van der Waals surface area contributed by atoms with Crippen LogP contribution in [-0.4, -0.2) is 45.5 Å². The number of ether oxygens (including phenoxy) is 4. The molecule has 0 saturated carbocycles. The molecule has 2 rings (SSSR count). The second-order valence-electron chi connectivity index (χ2n) is 6.69. The minimum Gasteiger partial charge on any atom is -0.490 e. The lowest BCUT2D eigenvalue weighted by atomic mass is 10.0. The van der Waals surface area contributed by atoms with Gasteiger partial charge in [0.25, 0.3) is 0 Å². The Balaban J connectivity index is 1.76. The molecule has 0 amide bonds. The molecular formula is C24H28O6. The van der Waals surface area contributed by atoms with Gasteiger partial charge in [-0.25, -0.2) is 4.79 Å². The molecule has 0 fully saturated rings. The van der Waals surface area contributed by atoms with Crippen LogP contribution in [0.4, 0.5) is 0 Å². The molecule has 2 aromatic rings. The smallest absolute Gasteiger partial charge is 0.335 e. The molecule has 6 nitrogen and oxygen atoms in total. The van der Waals surface area contributed by atoms with Gasteiger partial charge in [-0.1, -0.05) is 43.0 Å². The molecule has 0 radical (unpaired) electrons. The summed E-state index contributed by atoms with van der Waals surface area (Å²) in [7, 11) is 1.49. The predicted octanol–water partition coefficient (Wildman–Crippen LogP) is 3.97. The largest absolute Gasteiger partial charge is 0.490 e. The number of carbonyl (C=O) groups is 2. The van der Waals surface area contributed by atoms with Gasteiger partial charge in [0.2, 0.25) is 0 Å². The molecule has 0 aliphatic carbocycles. The van der Waals surface area contributed by atoms with Crippen LogP contribution < -0.4 is 4.74 Å². The van der Waals surface area contributed by atoms with Crippen LogP contribution in [0.5, 0.6) is 5.75 Å². The van der Waals surface area contributed by atoms with Crippen molar-refractivity contribution in [2.24, 2.45) is 0 Å². The lowest BCUT2D eigenvalue weighted by Gasteiger charge is -2.09. The van der Waals surface area contributed by atoms with Gasteiger partial charge in [0.1, 0.15) is 19.0 Å². The van der Waals surface area contributed by atoms with E-state index in [0.29, 0.717) is 12.4 Å². The second-order valence-corrected chi connectivity index (χ2v) is 6.69. The Morgan fingerprint density at radius 2 is 1.50 bits per heavy atom. The monoisotopic (exact) mass is 412 g/mol. The molecule has 0 aromatic heterocycles. The molecule has 0 bridgehead atoms. The molecule has 160 valence electrons. The molecule has 0 N–H and O–H groups in total. The van der Waals surface area contributed by atoms with Crippen LogP contribution in [-0.2, 0) is 30.2 Å². The van der Waals surface area contributed by atoms with Gasteiger partial charge < -0.3 is 18.9 Å². The van der Waals surface area contributed by atoms with Gasteiger partial charge in [-0.15, -0.1) is 0 Å². The second kappa shape index (κ2) is 12.4. The van der Waals surface area contributed by atoms with E-state index in [1.165, 1.54) is 19.6 Å². The summed E-state index contributed by atoms with van der Waals surface area (Å²) in [5.41, 5.74) is 3.66. The van der Waals surface area contributed by atoms with E-state index in [-0.39, 0.29) is 31.4 Å². The van der Waals surface area contributed by atoms with Crippen molar-refractivity contribution >= 4 is 11.9 Å². The summed E-state index contributed by atoms with van der Waals surface area (Å²) in [6, 6.07) is 16.0. The molecule has 0 aliphatic rings. The Bertz CT molecular complexity index is 824. The normalized spacial score (nSPS) is 10.3. The maximum absolute atomic E-state index is 11.6. The molecule has 0 atom stereocenters. The van der Waals surface area contributed by atoms with Crippen molar-refractivity contribution in [2.75, 3.05) is 33.5 Å². The maximum Gasteiger partial charge on any atom is 0.335 e. The molecule has 0 aliphatic heterocycles. The fourth-order valence-electron chi connectivity index (χ4n) is 2.73. The van der Waals surface area contributed by atoms with Crippen molar-refractivity contribution in [1.82, 2.24) is 0 Å². The Morgan fingerprint density at radius 1 is 0.867 bits per heavy atom. The van der Waals surface area contributed by atoms with Crippen molar-refractivity contribution in [3.05, 3.63) is 66.2 Å². The van der Waals surface area contributed by atoms with Crippen LogP contribution in [0.1, 0.15) is 18.9 Å². The zero-order valence-electron chi connectivity index (χ0n) is 17.5. The lowest BCUT2D eigenvalue weighted by Crippen LogP contribution is -2.15. The zero-order chi connectivity index (χ0) is 21.8. The number of hydrogen-bond acceptors (Lipinski definition) is 6. The summed E-state index contributed by atoms with van der Waals surface area (Å²) in [6.45, 7) is 6.00. The molecule has 2 aromatic carbocycles. The first-order chi connectivity index (χ1) is 14.5. The summed E-state index contributed by atoms with van der Waals surface area (Å²) in [6.07, 6.45) is 1.67. The van der Waals surface area contributed by atoms with Gasteiger partial charge in [0, 0.05) is 14.0 Å². The van der Waals surface area contributed by atoms with E-state index in [1.54, 1.807) is 0 Å². The molecule has 0 heterocycles. The number of rotatable bonds is 12. The van der Waals surface area contributed by atoms with Crippen molar-refractivity contribution in [1.29, 1.82) is 0 Å². The van der Waals surface area contributed by atoms with Gasteiger partial charge in [0.15, 0.2) is 0 Å². The highest BCUT2D eigenvalue weighted by atomic mass is 16.6. The van der Waals surface area contributed by atoms with Crippen LogP contribution in [0.25, 0.3) is 11.1 Å². The summed E-state index contributed by atoms with van der Waals surface area (Å²) in [5, 5.41) is 0. The van der Waals surface area contributed by atoms with Crippen LogP contribution in [0.2, 0.25) is 0 Å². The number of carbonyl (C=O) groups excluding carboxylic acids is 2. The fraction of sp³-hybridized carbons (Fsp3) is 0.333. The molecule has 0 unspecified atom stereocenters. The SMILES string of the molecule is C=C(COC)C(=O)OCCOc1ccc(-c2ccc(CCCOC(C)=O)cc2)cc1. The number of hydrogen-bond donors (Lipinski definition) is 0. The zero-order valence-corrected chi connectivity index (χ0v) is 17.5. The van der Waals surface area contributed by atoms with E-state index >= 15 is 0 Å². The first-order valence-corrected chi connectivity index (χ1v) is 9.79. The van der Waals surface area contributed by atoms with Crippen molar-refractivity contribution in [3.8, 4) is 16.9 Å². The fourth-order valence-corrected chi connectivity index (χ4v) is 2.73. The van der Waals surface area contributed by atoms with Gasteiger partial charge in [0.05, 0.1) is 18.8 Å². The first-order valence-electron chi connectivity index (χ1n) is 9.79. The molecule has 30 heavy (non-hydrogen) atoms. The summed E-state index contributed by atoms with van der Waals surface area (Å²) >= 11 is 0. The first kappa shape index (κ1) is 23.2.